The fourth-order valence-electron chi connectivity index (χ4n) is 4.34. The Morgan fingerprint density at radius 2 is 1.71 bits per heavy atom. The van der Waals surface area contributed by atoms with Crippen LogP contribution in [0, 0.1) is 5.82 Å². The molecule has 0 bridgehead atoms. The van der Waals surface area contributed by atoms with Crippen LogP contribution in [0.3, 0.4) is 0 Å². The van der Waals surface area contributed by atoms with Gasteiger partial charge in [0.05, 0.1) is 6.04 Å². The van der Waals surface area contributed by atoms with Crippen LogP contribution < -0.4 is 0 Å². The normalized spacial score (nSPS) is 26.0. The van der Waals surface area contributed by atoms with E-state index in [4.69, 9.17) is 0 Å². The molecule has 0 aromatic heterocycles. The van der Waals surface area contributed by atoms with Gasteiger partial charge in [-0.2, -0.15) is 0 Å². The fourth-order valence-corrected chi connectivity index (χ4v) is 4.34. The van der Waals surface area contributed by atoms with Crippen LogP contribution in [0.25, 0.3) is 0 Å². The Morgan fingerprint density at radius 1 is 1.00 bits per heavy atom. The standard InChI is InChI=1S/C22H24F2N2O2/c23-17-5-1-15(2-6-17)13-26-12-10-21(22(26)28)25-11-9-19(20(24)14-25)16-3-7-18(27)8-4-16/h1-8,19-21,27H,9-14H2. The zero-order chi connectivity index (χ0) is 19.7. The highest BCUT2D eigenvalue weighted by molar-refractivity contribution is 5.84. The summed E-state index contributed by atoms with van der Waals surface area (Å²) in [4.78, 5) is 16.6. The lowest BCUT2D eigenvalue weighted by Crippen LogP contribution is -2.49. The van der Waals surface area contributed by atoms with Gasteiger partial charge in [-0.25, -0.2) is 8.78 Å². The number of likely N-dealkylation sites (tertiary alicyclic amines) is 2. The summed E-state index contributed by atoms with van der Waals surface area (Å²) in [6.07, 6.45) is 0.293. The SMILES string of the molecule is O=C1C(N2CCC(c3ccc(O)cc3)C(F)C2)CCN1Cc1ccc(F)cc1. The number of carbonyl (C=O) groups is 1. The first-order chi connectivity index (χ1) is 13.5. The van der Waals surface area contributed by atoms with Gasteiger partial charge in [0.15, 0.2) is 0 Å². The van der Waals surface area contributed by atoms with Crippen molar-refractivity contribution in [1.29, 1.82) is 0 Å². The molecule has 0 spiro atoms. The van der Waals surface area contributed by atoms with Crippen LogP contribution in [-0.4, -0.2) is 52.7 Å². The number of phenolic OH excluding ortho intramolecular Hbond substituents is 1. The van der Waals surface area contributed by atoms with Gasteiger partial charge in [-0.3, -0.25) is 9.69 Å². The van der Waals surface area contributed by atoms with Crippen molar-refractivity contribution < 1.29 is 18.7 Å². The number of nitrogens with zero attached hydrogens (tertiary/aromatic N) is 2. The summed E-state index contributed by atoms with van der Waals surface area (Å²) in [6.45, 7) is 2.01. The highest BCUT2D eigenvalue weighted by Crippen LogP contribution is 2.33. The highest BCUT2D eigenvalue weighted by atomic mass is 19.1. The van der Waals surface area contributed by atoms with Crippen LogP contribution in [0.1, 0.15) is 29.9 Å². The number of halogens is 2. The zero-order valence-corrected chi connectivity index (χ0v) is 15.6. The first-order valence-corrected chi connectivity index (χ1v) is 9.71. The predicted octanol–water partition coefficient (Wildman–Crippen LogP) is 3.46. The Bertz CT molecular complexity index is 825. The predicted molar refractivity (Wildman–Crippen MR) is 102 cm³/mol. The number of benzene rings is 2. The van der Waals surface area contributed by atoms with E-state index in [9.17, 15) is 18.7 Å². The molecule has 0 aliphatic carbocycles. The highest BCUT2D eigenvalue weighted by Gasteiger charge is 2.40. The summed E-state index contributed by atoms with van der Waals surface area (Å²) < 4.78 is 27.9. The third-order valence-corrected chi connectivity index (χ3v) is 5.89. The molecule has 0 radical (unpaired) electrons. The van der Waals surface area contributed by atoms with Crippen molar-refractivity contribution in [1.82, 2.24) is 9.80 Å². The summed E-state index contributed by atoms with van der Waals surface area (Å²) in [5.74, 6) is -0.294. The molecule has 2 aliphatic heterocycles. The monoisotopic (exact) mass is 386 g/mol. The molecule has 2 aromatic rings. The van der Waals surface area contributed by atoms with Gasteiger partial charge in [-0.15, -0.1) is 0 Å². The molecular formula is C22H24F2N2O2. The van der Waals surface area contributed by atoms with Gasteiger partial charge in [-0.05, 0) is 54.8 Å². The molecule has 2 heterocycles. The third kappa shape index (κ3) is 3.87. The van der Waals surface area contributed by atoms with E-state index < -0.39 is 6.17 Å². The van der Waals surface area contributed by atoms with Crippen LogP contribution in [0.15, 0.2) is 48.5 Å². The molecule has 2 aromatic carbocycles. The average molecular weight is 386 g/mol. The molecule has 1 N–H and O–H groups in total. The lowest BCUT2D eigenvalue weighted by molar-refractivity contribution is -0.133. The molecule has 0 saturated carbocycles. The molecule has 2 fully saturated rings. The summed E-state index contributed by atoms with van der Waals surface area (Å²) in [5, 5.41) is 9.42. The fraction of sp³-hybridized carbons (Fsp3) is 0.409. The van der Waals surface area contributed by atoms with Gasteiger partial charge >= 0.3 is 0 Å². The smallest absolute Gasteiger partial charge is 0.240 e. The van der Waals surface area contributed by atoms with Gasteiger partial charge in [-0.1, -0.05) is 24.3 Å². The number of rotatable bonds is 4. The molecule has 2 aliphatic rings. The number of piperidine rings is 1. The molecule has 2 saturated heterocycles. The molecule has 6 heteroatoms. The maximum Gasteiger partial charge on any atom is 0.240 e. The van der Waals surface area contributed by atoms with E-state index in [1.165, 1.54) is 12.1 Å². The van der Waals surface area contributed by atoms with Gasteiger partial charge in [0.2, 0.25) is 5.91 Å². The number of aromatic hydroxyl groups is 1. The molecule has 3 unspecified atom stereocenters. The van der Waals surface area contributed by atoms with Gasteiger partial charge < -0.3 is 10.0 Å². The number of hydrogen-bond donors (Lipinski definition) is 1. The van der Waals surface area contributed by atoms with Crippen LogP contribution in [0.5, 0.6) is 5.75 Å². The minimum atomic E-state index is -1.04. The van der Waals surface area contributed by atoms with Gasteiger partial charge in [0.1, 0.15) is 17.7 Å². The summed E-state index contributed by atoms with van der Waals surface area (Å²) in [7, 11) is 0. The van der Waals surface area contributed by atoms with Crippen LogP contribution in [-0.2, 0) is 11.3 Å². The largest absolute Gasteiger partial charge is 0.508 e. The number of phenols is 1. The Morgan fingerprint density at radius 3 is 2.39 bits per heavy atom. The molecular weight excluding hydrogens is 362 g/mol. The Hall–Kier alpha value is -2.47. The van der Waals surface area contributed by atoms with Gasteiger partial charge in [0.25, 0.3) is 0 Å². The molecule has 4 nitrogen and oxygen atoms in total. The molecule has 28 heavy (non-hydrogen) atoms. The Kier molecular flexibility index (Phi) is 5.31. The number of carbonyl (C=O) groups excluding carboxylic acids is 1. The second kappa shape index (κ2) is 7.87. The second-order valence-corrected chi connectivity index (χ2v) is 7.69. The number of amides is 1. The van der Waals surface area contributed by atoms with Crippen LogP contribution >= 0.6 is 0 Å². The third-order valence-electron chi connectivity index (χ3n) is 5.89. The van der Waals surface area contributed by atoms with Gasteiger partial charge in [0, 0.05) is 25.6 Å². The van der Waals surface area contributed by atoms with Crippen molar-refractivity contribution in [3.63, 3.8) is 0 Å². The summed E-state index contributed by atoms with van der Waals surface area (Å²) in [6, 6.07) is 12.6. The van der Waals surface area contributed by atoms with Crippen molar-refractivity contribution in [2.24, 2.45) is 0 Å². The quantitative estimate of drug-likeness (QED) is 0.875. The topological polar surface area (TPSA) is 43.8 Å². The van der Waals surface area contributed by atoms with E-state index in [0.29, 0.717) is 32.5 Å². The minimum absolute atomic E-state index is 0.0274. The van der Waals surface area contributed by atoms with E-state index in [1.54, 1.807) is 41.3 Å². The molecule has 1 amide bonds. The Labute approximate surface area is 163 Å². The minimum Gasteiger partial charge on any atom is -0.508 e. The lowest BCUT2D eigenvalue weighted by atomic mass is 9.87. The van der Waals surface area contributed by atoms with E-state index >= 15 is 0 Å². The lowest BCUT2D eigenvalue weighted by Gasteiger charge is -2.37. The van der Waals surface area contributed by atoms with E-state index in [0.717, 1.165) is 11.1 Å². The van der Waals surface area contributed by atoms with Crippen molar-refractivity contribution >= 4 is 5.91 Å². The Balaban J connectivity index is 1.37. The first kappa shape index (κ1) is 18.9. The molecule has 148 valence electrons. The maximum absolute atomic E-state index is 14.9. The first-order valence-electron chi connectivity index (χ1n) is 9.71. The van der Waals surface area contributed by atoms with Crippen LogP contribution in [0.2, 0.25) is 0 Å². The number of hydrogen-bond acceptors (Lipinski definition) is 3. The average Bonchev–Trinajstić information content (AvgIpc) is 3.05. The number of alkyl halides is 1. The zero-order valence-electron chi connectivity index (χ0n) is 15.6. The summed E-state index contributed by atoms with van der Waals surface area (Å²) in [5.41, 5.74) is 1.78. The van der Waals surface area contributed by atoms with Crippen molar-refractivity contribution in [2.45, 2.75) is 37.5 Å². The molecule has 4 rings (SSSR count). The summed E-state index contributed by atoms with van der Waals surface area (Å²) >= 11 is 0. The molecule has 3 atom stereocenters. The van der Waals surface area contributed by atoms with Crippen LogP contribution in [0.4, 0.5) is 8.78 Å². The van der Waals surface area contributed by atoms with Crippen molar-refractivity contribution in [3.8, 4) is 5.75 Å². The van der Waals surface area contributed by atoms with Crippen molar-refractivity contribution in [2.75, 3.05) is 19.6 Å². The second-order valence-electron chi connectivity index (χ2n) is 7.69. The van der Waals surface area contributed by atoms with E-state index in [2.05, 4.69) is 0 Å². The van der Waals surface area contributed by atoms with E-state index in [1.807, 2.05) is 4.90 Å². The van der Waals surface area contributed by atoms with E-state index in [-0.39, 0.29) is 36.0 Å². The van der Waals surface area contributed by atoms with Crippen molar-refractivity contribution in [3.05, 3.63) is 65.5 Å². The maximum atomic E-state index is 14.9.